The number of aromatic nitrogens is 2. The van der Waals surface area contributed by atoms with Crippen LogP contribution in [-0.2, 0) is 16.1 Å². The average Bonchev–Trinajstić information content (AvgIpc) is 2.95. The molecule has 3 rings (SSSR count). The van der Waals surface area contributed by atoms with Gasteiger partial charge in [-0.15, -0.1) is 0 Å². The zero-order valence-electron chi connectivity index (χ0n) is 12.7. The highest BCUT2D eigenvalue weighted by Crippen LogP contribution is 2.34. The monoisotopic (exact) mass is 306 g/mol. The quantitative estimate of drug-likeness (QED) is 0.750. The Morgan fingerprint density at radius 1 is 1.27 bits per heavy atom. The Morgan fingerprint density at radius 2 is 1.91 bits per heavy atom. The number of aliphatic imine (C=N–C) groups is 1. The van der Waals surface area contributed by atoms with Crippen molar-refractivity contribution in [1.82, 2.24) is 14.4 Å². The molecular weight excluding hydrogens is 290 g/mol. The van der Waals surface area contributed by atoms with Crippen molar-refractivity contribution in [3.8, 4) is 0 Å². The van der Waals surface area contributed by atoms with Crippen LogP contribution < -0.4 is 4.57 Å². The van der Waals surface area contributed by atoms with Crippen LogP contribution in [0.5, 0.6) is 0 Å². The number of amidine groups is 1. The second kappa shape index (κ2) is 4.39. The first-order valence-electron chi connectivity index (χ1n) is 6.72. The Hall–Kier alpha value is -2.71. The minimum atomic E-state index is -0.996. The van der Waals surface area contributed by atoms with Crippen LogP contribution in [0, 0.1) is 13.8 Å². The van der Waals surface area contributed by atoms with Gasteiger partial charge >= 0.3 is 17.9 Å². The molecule has 3 heterocycles. The predicted octanol–water partition coefficient (Wildman–Crippen LogP) is -0.414. The Kier molecular flexibility index (Phi) is 2.84. The fraction of sp³-hybridized carbons (Fsp3) is 0.462. The summed E-state index contributed by atoms with van der Waals surface area (Å²) in [5, 5.41) is 9.06. The number of carbonyl (C=O) groups excluding carboxylic acids is 2. The first-order chi connectivity index (χ1) is 10.3. The second-order valence-electron chi connectivity index (χ2n) is 5.43. The summed E-state index contributed by atoms with van der Waals surface area (Å²) in [6.45, 7) is 3.34. The van der Waals surface area contributed by atoms with Crippen LogP contribution in [0.1, 0.15) is 17.4 Å². The SMILES string of the molecule is Cc1c(C)[n+](CC(=O)O)c2n1C1C(=O)N(C)C(=O)N(C)C1=N2. The molecule has 0 aromatic carbocycles. The summed E-state index contributed by atoms with van der Waals surface area (Å²) in [5.74, 6) is -0.670. The molecule has 116 valence electrons. The molecule has 2 aliphatic rings. The lowest BCUT2D eigenvalue weighted by atomic mass is 10.1. The average molecular weight is 306 g/mol. The molecule has 9 nitrogen and oxygen atoms in total. The Labute approximate surface area is 126 Å². The van der Waals surface area contributed by atoms with Gasteiger partial charge in [0.05, 0.1) is 0 Å². The Morgan fingerprint density at radius 3 is 2.50 bits per heavy atom. The minimum absolute atomic E-state index is 0.250. The fourth-order valence-corrected chi connectivity index (χ4v) is 2.91. The van der Waals surface area contributed by atoms with Crippen molar-refractivity contribution in [2.24, 2.45) is 4.99 Å². The normalized spacial score (nSPS) is 20.2. The number of hydrogen-bond acceptors (Lipinski definition) is 4. The molecule has 3 amide bonds. The van der Waals surface area contributed by atoms with E-state index in [1.54, 1.807) is 25.5 Å². The number of urea groups is 1. The van der Waals surface area contributed by atoms with Gasteiger partial charge < -0.3 is 5.11 Å². The molecule has 9 heteroatoms. The van der Waals surface area contributed by atoms with Crippen molar-refractivity contribution in [3.05, 3.63) is 11.4 Å². The van der Waals surface area contributed by atoms with E-state index in [-0.39, 0.29) is 12.5 Å². The van der Waals surface area contributed by atoms with Crippen molar-refractivity contribution in [2.45, 2.75) is 26.4 Å². The van der Waals surface area contributed by atoms with Crippen molar-refractivity contribution < 1.29 is 24.1 Å². The third kappa shape index (κ3) is 1.62. The maximum absolute atomic E-state index is 12.5. The number of carboxylic acid groups (broad SMARTS) is 1. The highest BCUT2D eigenvalue weighted by Gasteiger charge is 2.53. The fourth-order valence-electron chi connectivity index (χ4n) is 2.91. The molecule has 1 fully saturated rings. The first kappa shape index (κ1) is 14.2. The Bertz CT molecular complexity index is 763. The number of imide groups is 1. The standard InChI is InChI=1S/C13H15N5O4/c1-6-7(2)18-9-10(14-12(18)17(6)5-8(19)20)15(3)13(22)16(4)11(9)21/h9H,5H2,1-4H3/p+1. The van der Waals surface area contributed by atoms with Crippen LogP contribution >= 0.6 is 0 Å². The van der Waals surface area contributed by atoms with Crippen molar-refractivity contribution in [2.75, 3.05) is 14.1 Å². The molecule has 0 spiro atoms. The number of carboxylic acids is 1. The van der Waals surface area contributed by atoms with E-state index in [1.807, 2.05) is 0 Å². The second-order valence-corrected chi connectivity index (χ2v) is 5.43. The van der Waals surface area contributed by atoms with E-state index in [2.05, 4.69) is 4.99 Å². The minimum Gasteiger partial charge on any atom is -0.479 e. The number of hydrogen-bond donors (Lipinski definition) is 1. The Balaban J connectivity index is 2.21. The van der Waals surface area contributed by atoms with E-state index in [4.69, 9.17) is 5.11 Å². The number of nitrogens with zero attached hydrogens (tertiary/aromatic N) is 5. The number of aliphatic carboxylic acids is 1. The first-order valence-corrected chi connectivity index (χ1v) is 6.72. The van der Waals surface area contributed by atoms with Gasteiger partial charge in [0.1, 0.15) is 11.4 Å². The smallest absolute Gasteiger partial charge is 0.402 e. The van der Waals surface area contributed by atoms with Gasteiger partial charge in [-0.2, -0.15) is 0 Å². The number of amides is 3. The topological polar surface area (TPSA) is 99.1 Å². The zero-order chi connectivity index (χ0) is 16.3. The van der Waals surface area contributed by atoms with E-state index in [1.165, 1.54) is 16.5 Å². The van der Waals surface area contributed by atoms with Crippen molar-refractivity contribution in [1.29, 1.82) is 0 Å². The molecule has 22 heavy (non-hydrogen) atoms. The van der Waals surface area contributed by atoms with Crippen molar-refractivity contribution in [3.63, 3.8) is 0 Å². The van der Waals surface area contributed by atoms with E-state index in [0.717, 1.165) is 16.3 Å². The number of likely N-dealkylation sites (N-methyl/N-ethyl adjacent to an activating group) is 2. The van der Waals surface area contributed by atoms with E-state index in [0.29, 0.717) is 11.8 Å². The molecule has 0 bridgehead atoms. The maximum atomic E-state index is 12.5. The lowest BCUT2D eigenvalue weighted by molar-refractivity contribution is -0.678. The van der Waals surface area contributed by atoms with Gasteiger partial charge in [0.2, 0.25) is 11.9 Å². The summed E-state index contributed by atoms with van der Waals surface area (Å²) in [4.78, 5) is 42.3. The van der Waals surface area contributed by atoms with Crippen LogP contribution in [-0.4, -0.2) is 57.3 Å². The van der Waals surface area contributed by atoms with Gasteiger partial charge in [-0.05, 0) is 13.8 Å². The number of fused-ring (bicyclic) bond motifs is 3. The summed E-state index contributed by atoms with van der Waals surface area (Å²) >= 11 is 0. The highest BCUT2D eigenvalue weighted by molar-refractivity contribution is 6.20. The molecule has 2 aliphatic heterocycles. The molecule has 1 N–H and O–H groups in total. The maximum Gasteiger partial charge on any atom is 0.402 e. The van der Waals surface area contributed by atoms with Gasteiger partial charge in [0.15, 0.2) is 6.54 Å². The lowest BCUT2D eigenvalue weighted by Crippen LogP contribution is -2.56. The van der Waals surface area contributed by atoms with Gasteiger partial charge in [-0.25, -0.2) is 18.7 Å². The number of rotatable bonds is 2. The number of imidazole rings is 1. The summed E-state index contributed by atoms with van der Waals surface area (Å²) in [6.07, 6.45) is 0. The molecule has 1 atom stereocenters. The van der Waals surface area contributed by atoms with Crippen LogP contribution in [0.15, 0.2) is 4.99 Å². The van der Waals surface area contributed by atoms with Gasteiger partial charge in [-0.3, -0.25) is 14.6 Å². The predicted molar refractivity (Wildman–Crippen MR) is 73.8 cm³/mol. The largest absolute Gasteiger partial charge is 0.479 e. The molecule has 1 aromatic heterocycles. The van der Waals surface area contributed by atoms with E-state index < -0.39 is 18.0 Å². The number of carbonyl (C=O) groups is 3. The molecule has 1 saturated heterocycles. The van der Waals surface area contributed by atoms with E-state index >= 15 is 0 Å². The van der Waals surface area contributed by atoms with Crippen molar-refractivity contribution >= 4 is 29.7 Å². The molecular formula is C13H16N5O4+. The summed E-state index contributed by atoms with van der Waals surface area (Å²) in [6, 6.07) is -1.18. The van der Waals surface area contributed by atoms with Crippen LogP contribution in [0.2, 0.25) is 0 Å². The summed E-state index contributed by atoms with van der Waals surface area (Å²) in [5.41, 5.74) is 1.49. The van der Waals surface area contributed by atoms with Gasteiger partial charge in [0.25, 0.3) is 5.91 Å². The van der Waals surface area contributed by atoms with Crippen LogP contribution in [0.4, 0.5) is 10.7 Å². The molecule has 0 radical (unpaired) electrons. The van der Waals surface area contributed by atoms with Gasteiger partial charge in [0, 0.05) is 14.1 Å². The molecule has 0 saturated carbocycles. The lowest BCUT2D eigenvalue weighted by Gasteiger charge is -2.30. The summed E-state index contributed by atoms with van der Waals surface area (Å²) < 4.78 is 3.23. The van der Waals surface area contributed by atoms with Crippen LogP contribution in [0.3, 0.4) is 0 Å². The van der Waals surface area contributed by atoms with E-state index in [9.17, 15) is 14.4 Å². The molecule has 0 aliphatic carbocycles. The van der Waals surface area contributed by atoms with Gasteiger partial charge in [-0.1, -0.05) is 4.99 Å². The summed E-state index contributed by atoms with van der Waals surface area (Å²) in [7, 11) is 2.97. The molecule has 1 unspecified atom stereocenters. The van der Waals surface area contributed by atoms with Crippen LogP contribution in [0.25, 0.3) is 0 Å². The zero-order valence-corrected chi connectivity index (χ0v) is 12.7. The third-order valence-electron chi connectivity index (χ3n) is 4.24. The third-order valence-corrected chi connectivity index (χ3v) is 4.24. The highest BCUT2D eigenvalue weighted by atomic mass is 16.4. The molecule has 1 aromatic rings.